The summed E-state index contributed by atoms with van der Waals surface area (Å²) in [5, 5.41) is 11.3. The van der Waals surface area contributed by atoms with Gasteiger partial charge in [-0.3, -0.25) is 14.6 Å². The van der Waals surface area contributed by atoms with Gasteiger partial charge in [-0.15, -0.1) is 0 Å². The minimum atomic E-state index is 0.148. The molecule has 2 aromatic rings. The van der Waals surface area contributed by atoms with E-state index in [1.807, 2.05) is 36.1 Å². The first kappa shape index (κ1) is 17.9. The monoisotopic (exact) mass is 341 g/mol. The summed E-state index contributed by atoms with van der Waals surface area (Å²) in [4.78, 5) is 19.3. The van der Waals surface area contributed by atoms with Crippen molar-refractivity contribution >= 4 is 22.4 Å². The molecular formula is C20H27N3O2. The van der Waals surface area contributed by atoms with Gasteiger partial charge in [0.15, 0.2) is 0 Å². The number of piperazine rings is 1. The second-order valence-electron chi connectivity index (χ2n) is 6.48. The quantitative estimate of drug-likeness (QED) is 0.870. The molecule has 0 bridgehead atoms. The highest BCUT2D eigenvalue weighted by atomic mass is 16.3. The van der Waals surface area contributed by atoms with Gasteiger partial charge >= 0.3 is 0 Å². The first-order valence-electron chi connectivity index (χ1n) is 9.06. The van der Waals surface area contributed by atoms with Crippen LogP contribution in [0.4, 0.5) is 5.69 Å². The average molecular weight is 341 g/mol. The summed E-state index contributed by atoms with van der Waals surface area (Å²) in [6.07, 6.45) is 0. The smallest absolute Gasteiger partial charge is 0.241 e. The average Bonchev–Trinajstić information content (AvgIpc) is 2.64. The van der Waals surface area contributed by atoms with E-state index >= 15 is 0 Å². The fourth-order valence-corrected chi connectivity index (χ4v) is 3.51. The van der Waals surface area contributed by atoms with Crippen LogP contribution in [0.15, 0.2) is 42.5 Å². The fourth-order valence-electron chi connectivity index (χ4n) is 3.51. The Morgan fingerprint density at radius 3 is 2.44 bits per heavy atom. The maximum Gasteiger partial charge on any atom is 0.241 e. The second-order valence-corrected chi connectivity index (χ2v) is 6.48. The molecule has 0 saturated carbocycles. The number of aliphatic hydroxyl groups is 1. The van der Waals surface area contributed by atoms with Crippen LogP contribution in [0.5, 0.6) is 0 Å². The molecular weight excluding hydrogens is 314 g/mol. The minimum absolute atomic E-state index is 0.148. The normalized spacial score (nSPS) is 16.2. The number of likely N-dealkylation sites (N-methyl/N-ethyl adjacent to an activating group) is 1. The summed E-state index contributed by atoms with van der Waals surface area (Å²) >= 11 is 0. The summed E-state index contributed by atoms with van der Waals surface area (Å²) < 4.78 is 0. The molecule has 1 N–H and O–H groups in total. The Hall–Kier alpha value is -1.95. The number of carbonyl (C=O) groups excluding carboxylic acids is 1. The van der Waals surface area contributed by atoms with E-state index in [0.29, 0.717) is 13.1 Å². The third kappa shape index (κ3) is 4.18. The van der Waals surface area contributed by atoms with Crippen LogP contribution in [0.3, 0.4) is 0 Å². The molecule has 0 unspecified atom stereocenters. The molecule has 1 aliphatic heterocycles. The summed E-state index contributed by atoms with van der Waals surface area (Å²) in [5.41, 5.74) is 0.990. The number of β-amino-alcohol motifs (C(OH)–C–C–N with tert-alkyl or cyclic N) is 1. The van der Waals surface area contributed by atoms with Crippen LogP contribution < -0.4 is 4.90 Å². The lowest BCUT2D eigenvalue weighted by Gasteiger charge is -2.35. The fraction of sp³-hybridized carbons (Fsp3) is 0.450. The lowest BCUT2D eigenvalue weighted by molar-refractivity contribution is -0.120. The Bertz CT molecular complexity index is 706. The molecule has 0 aliphatic carbocycles. The first-order chi connectivity index (χ1) is 12.2. The number of nitrogens with zero attached hydrogens (tertiary/aromatic N) is 3. The van der Waals surface area contributed by atoms with Gasteiger partial charge in [-0.05, 0) is 18.4 Å². The number of anilines is 1. The van der Waals surface area contributed by atoms with Crippen molar-refractivity contribution in [1.82, 2.24) is 9.80 Å². The third-order valence-electron chi connectivity index (χ3n) is 4.91. The molecule has 3 rings (SSSR count). The largest absolute Gasteiger partial charge is 0.395 e. The van der Waals surface area contributed by atoms with Crippen molar-refractivity contribution in [2.75, 3.05) is 57.3 Å². The van der Waals surface area contributed by atoms with Crippen LogP contribution in [-0.4, -0.2) is 73.2 Å². The molecule has 0 aromatic heterocycles. The zero-order valence-corrected chi connectivity index (χ0v) is 14.9. The number of fused-ring (bicyclic) bond motifs is 1. The molecule has 5 nitrogen and oxygen atoms in total. The van der Waals surface area contributed by atoms with Gasteiger partial charge in [-0.25, -0.2) is 0 Å². The zero-order chi connectivity index (χ0) is 17.6. The van der Waals surface area contributed by atoms with E-state index in [4.69, 9.17) is 5.11 Å². The molecule has 0 spiro atoms. The SMILES string of the molecule is CCN(C(=O)CN1CCN(CCO)CC1)c1cccc2ccccc12. The predicted molar refractivity (Wildman–Crippen MR) is 102 cm³/mol. The number of amides is 1. The van der Waals surface area contributed by atoms with Gasteiger partial charge in [0.25, 0.3) is 0 Å². The van der Waals surface area contributed by atoms with Crippen LogP contribution in [-0.2, 0) is 4.79 Å². The Labute approximate surface area is 149 Å². The first-order valence-corrected chi connectivity index (χ1v) is 9.06. The number of hydrogen-bond donors (Lipinski definition) is 1. The van der Waals surface area contributed by atoms with Crippen molar-refractivity contribution in [1.29, 1.82) is 0 Å². The summed E-state index contributed by atoms with van der Waals surface area (Å²) in [6, 6.07) is 14.3. The number of carbonyl (C=O) groups is 1. The van der Waals surface area contributed by atoms with Gasteiger partial charge in [0.05, 0.1) is 18.8 Å². The number of aliphatic hydroxyl groups excluding tert-OH is 1. The molecule has 1 heterocycles. The van der Waals surface area contributed by atoms with Crippen LogP contribution in [0.25, 0.3) is 10.8 Å². The molecule has 2 aromatic carbocycles. The highest BCUT2D eigenvalue weighted by molar-refractivity contribution is 6.04. The highest BCUT2D eigenvalue weighted by Crippen LogP contribution is 2.26. The Morgan fingerprint density at radius 2 is 1.72 bits per heavy atom. The maximum atomic E-state index is 12.9. The minimum Gasteiger partial charge on any atom is -0.395 e. The molecule has 1 aliphatic rings. The molecule has 0 radical (unpaired) electrons. The van der Waals surface area contributed by atoms with Gasteiger partial charge in [-0.1, -0.05) is 36.4 Å². The number of rotatable bonds is 6. The maximum absolute atomic E-state index is 12.9. The molecule has 1 amide bonds. The Kier molecular flexibility index (Phi) is 6.02. The van der Waals surface area contributed by atoms with E-state index in [1.165, 1.54) is 0 Å². The van der Waals surface area contributed by atoms with E-state index in [2.05, 4.69) is 28.0 Å². The van der Waals surface area contributed by atoms with E-state index in [0.717, 1.165) is 49.2 Å². The zero-order valence-electron chi connectivity index (χ0n) is 14.9. The number of benzene rings is 2. The van der Waals surface area contributed by atoms with Crippen LogP contribution in [0, 0.1) is 0 Å². The lowest BCUT2D eigenvalue weighted by atomic mass is 10.1. The third-order valence-corrected chi connectivity index (χ3v) is 4.91. The van der Waals surface area contributed by atoms with Crippen molar-refractivity contribution in [2.24, 2.45) is 0 Å². The molecule has 1 saturated heterocycles. The van der Waals surface area contributed by atoms with Crippen molar-refractivity contribution in [3.63, 3.8) is 0 Å². The molecule has 1 fully saturated rings. The predicted octanol–water partition coefficient (Wildman–Crippen LogP) is 1.80. The molecule has 134 valence electrons. The van der Waals surface area contributed by atoms with Crippen LogP contribution >= 0.6 is 0 Å². The van der Waals surface area contributed by atoms with Gasteiger partial charge in [0.1, 0.15) is 0 Å². The number of hydrogen-bond acceptors (Lipinski definition) is 4. The molecule has 5 heteroatoms. The summed E-state index contributed by atoms with van der Waals surface area (Å²) in [5.74, 6) is 0.148. The van der Waals surface area contributed by atoms with Crippen molar-refractivity contribution in [3.05, 3.63) is 42.5 Å². The van der Waals surface area contributed by atoms with Gasteiger partial charge in [0, 0.05) is 44.7 Å². The van der Waals surface area contributed by atoms with Gasteiger partial charge in [-0.2, -0.15) is 0 Å². The van der Waals surface area contributed by atoms with Crippen molar-refractivity contribution < 1.29 is 9.90 Å². The van der Waals surface area contributed by atoms with Gasteiger partial charge < -0.3 is 10.0 Å². The van der Waals surface area contributed by atoms with E-state index in [-0.39, 0.29) is 12.5 Å². The van der Waals surface area contributed by atoms with Crippen LogP contribution in [0.2, 0.25) is 0 Å². The Balaban J connectivity index is 1.69. The summed E-state index contributed by atoms with van der Waals surface area (Å²) in [6.45, 7) is 7.63. The van der Waals surface area contributed by atoms with E-state index in [1.54, 1.807) is 0 Å². The summed E-state index contributed by atoms with van der Waals surface area (Å²) in [7, 11) is 0. The van der Waals surface area contributed by atoms with Crippen molar-refractivity contribution in [2.45, 2.75) is 6.92 Å². The molecule has 25 heavy (non-hydrogen) atoms. The van der Waals surface area contributed by atoms with Crippen molar-refractivity contribution in [3.8, 4) is 0 Å². The van der Waals surface area contributed by atoms with E-state index < -0.39 is 0 Å². The Morgan fingerprint density at radius 1 is 1.04 bits per heavy atom. The van der Waals surface area contributed by atoms with E-state index in [9.17, 15) is 4.79 Å². The molecule has 0 atom stereocenters. The van der Waals surface area contributed by atoms with Crippen LogP contribution in [0.1, 0.15) is 6.92 Å². The van der Waals surface area contributed by atoms with Gasteiger partial charge in [0.2, 0.25) is 5.91 Å². The standard InChI is InChI=1S/C20H27N3O2/c1-2-23(19-9-5-7-17-6-3-4-8-18(17)19)20(25)16-22-12-10-21(11-13-22)14-15-24/h3-9,24H,2,10-16H2,1H3. The second kappa shape index (κ2) is 8.43. The highest BCUT2D eigenvalue weighted by Gasteiger charge is 2.22. The lowest BCUT2D eigenvalue weighted by Crippen LogP contribution is -2.50. The topological polar surface area (TPSA) is 47.0 Å².